The van der Waals surface area contributed by atoms with E-state index in [-0.39, 0.29) is 6.42 Å². The summed E-state index contributed by atoms with van der Waals surface area (Å²) >= 11 is 0. The molecule has 0 bridgehead atoms. The van der Waals surface area contributed by atoms with Crippen LogP contribution >= 0.6 is 0 Å². The molecule has 0 aromatic heterocycles. The molecule has 0 saturated carbocycles. The van der Waals surface area contributed by atoms with Gasteiger partial charge in [-0.1, -0.05) is 36.4 Å². The number of carboxylic acids is 1. The van der Waals surface area contributed by atoms with Gasteiger partial charge in [-0.15, -0.1) is 0 Å². The Morgan fingerprint density at radius 2 is 1.86 bits per heavy atom. The van der Waals surface area contributed by atoms with Crippen molar-refractivity contribution >= 4 is 17.6 Å². The second-order valence-electron chi connectivity index (χ2n) is 5.02. The van der Waals surface area contributed by atoms with Gasteiger partial charge in [0.15, 0.2) is 0 Å². The maximum Gasteiger partial charge on any atom is 0.311 e. The van der Waals surface area contributed by atoms with Crippen LogP contribution in [0.5, 0.6) is 0 Å². The molecule has 2 N–H and O–H groups in total. The summed E-state index contributed by atoms with van der Waals surface area (Å²) < 4.78 is 13.4. The summed E-state index contributed by atoms with van der Waals surface area (Å²) in [5.41, 5.74) is 1.34. The lowest BCUT2D eigenvalue weighted by Gasteiger charge is -2.13. The van der Waals surface area contributed by atoms with E-state index in [1.54, 1.807) is 49.4 Å². The highest BCUT2D eigenvalue weighted by Gasteiger charge is 2.23. The number of nitrogens with one attached hydrogen (secondary N) is 1. The maximum absolute atomic E-state index is 13.4. The molecule has 0 aliphatic rings. The van der Waals surface area contributed by atoms with E-state index in [1.807, 2.05) is 0 Å². The van der Waals surface area contributed by atoms with Gasteiger partial charge in [-0.25, -0.2) is 4.39 Å². The van der Waals surface area contributed by atoms with Crippen LogP contribution < -0.4 is 5.32 Å². The van der Waals surface area contributed by atoms with Gasteiger partial charge in [-0.2, -0.15) is 0 Å². The molecular weight excluding hydrogens is 285 g/mol. The van der Waals surface area contributed by atoms with Gasteiger partial charge < -0.3 is 10.4 Å². The monoisotopic (exact) mass is 301 g/mol. The molecule has 0 heterocycles. The fraction of sp³-hybridized carbons (Fsp3) is 0.176. The molecule has 22 heavy (non-hydrogen) atoms. The lowest BCUT2D eigenvalue weighted by atomic mass is 9.95. The van der Waals surface area contributed by atoms with Crippen molar-refractivity contribution in [2.45, 2.75) is 19.3 Å². The van der Waals surface area contributed by atoms with E-state index in [0.717, 1.165) is 0 Å². The van der Waals surface area contributed by atoms with Gasteiger partial charge in [0.1, 0.15) is 5.82 Å². The Bertz CT molecular complexity index is 686. The summed E-state index contributed by atoms with van der Waals surface area (Å²) in [6, 6.07) is 12.9. The predicted octanol–water partition coefficient (Wildman–Crippen LogP) is 3.33. The van der Waals surface area contributed by atoms with Crippen LogP contribution in [0.2, 0.25) is 0 Å². The topological polar surface area (TPSA) is 66.4 Å². The van der Waals surface area contributed by atoms with Crippen molar-refractivity contribution in [2.24, 2.45) is 0 Å². The molecule has 0 aliphatic heterocycles. The van der Waals surface area contributed by atoms with Crippen LogP contribution in [-0.2, 0) is 9.59 Å². The van der Waals surface area contributed by atoms with Crippen molar-refractivity contribution in [1.29, 1.82) is 0 Å². The van der Waals surface area contributed by atoms with Gasteiger partial charge in [-0.3, -0.25) is 9.59 Å². The molecule has 1 amide bonds. The normalized spacial score (nSPS) is 11.7. The largest absolute Gasteiger partial charge is 0.481 e. The Morgan fingerprint density at radius 1 is 1.18 bits per heavy atom. The highest BCUT2D eigenvalue weighted by Crippen LogP contribution is 2.21. The van der Waals surface area contributed by atoms with Gasteiger partial charge in [0.25, 0.3) is 0 Å². The second-order valence-corrected chi connectivity index (χ2v) is 5.02. The first-order chi connectivity index (χ1) is 10.5. The Labute approximate surface area is 127 Å². The van der Waals surface area contributed by atoms with E-state index in [2.05, 4.69) is 5.32 Å². The minimum absolute atomic E-state index is 0.213. The maximum atomic E-state index is 13.4. The Morgan fingerprint density at radius 3 is 2.45 bits per heavy atom. The zero-order chi connectivity index (χ0) is 16.1. The molecule has 2 rings (SSSR count). The number of carbonyl (C=O) groups is 2. The van der Waals surface area contributed by atoms with E-state index < -0.39 is 23.6 Å². The highest BCUT2D eigenvalue weighted by atomic mass is 19.1. The number of carboxylic acid groups (broad SMARTS) is 1. The summed E-state index contributed by atoms with van der Waals surface area (Å²) in [4.78, 5) is 23.3. The van der Waals surface area contributed by atoms with Crippen LogP contribution in [0.1, 0.15) is 23.5 Å². The zero-order valence-corrected chi connectivity index (χ0v) is 12.0. The molecule has 0 unspecified atom stereocenters. The molecule has 0 saturated heterocycles. The van der Waals surface area contributed by atoms with Crippen LogP contribution in [0, 0.1) is 12.7 Å². The van der Waals surface area contributed by atoms with Crippen molar-refractivity contribution < 1.29 is 19.1 Å². The van der Waals surface area contributed by atoms with Crippen molar-refractivity contribution in [3.8, 4) is 0 Å². The van der Waals surface area contributed by atoms with E-state index in [4.69, 9.17) is 0 Å². The third-order valence-corrected chi connectivity index (χ3v) is 3.35. The van der Waals surface area contributed by atoms with Crippen molar-refractivity contribution in [1.82, 2.24) is 0 Å². The number of anilines is 1. The highest BCUT2D eigenvalue weighted by molar-refractivity contribution is 5.94. The molecule has 0 fully saturated rings. The van der Waals surface area contributed by atoms with Crippen LogP contribution in [0.25, 0.3) is 0 Å². The van der Waals surface area contributed by atoms with E-state index >= 15 is 0 Å². The minimum atomic E-state index is -1.07. The number of hydrogen-bond acceptors (Lipinski definition) is 2. The Balaban J connectivity index is 2.08. The Kier molecular flexibility index (Phi) is 4.88. The van der Waals surface area contributed by atoms with Crippen LogP contribution in [0.3, 0.4) is 0 Å². The van der Waals surface area contributed by atoms with Crippen molar-refractivity contribution in [3.05, 3.63) is 65.5 Å². The molecule has 2 aromatic rings. The van der Waals surface area contributed by atoms with Crippen LogP contribution in [-0.4, -0.2) is 17.0 Å². The van der Waals surface area contributed by atoms with Crippen molar-refractivity contribution in [2.75, 3.05) is 5.32 Å². The third-order valence-electron chi connectivity index (χ3n) is 3.35. The van der Waals surface area contributed by atoms with Gasteiger partial charge in [0, 0.05) is 12.1 Å². The summed E-state index contributed by atoms with van der Waals surface area (Å²) in [7, 11) is 0. The molecule has 1 atom stereocenters. The smallest absolute Gasteiger partial charge is 0.311 e. The average molecular weight is 301 g/mol. The van der Waals surface area contributed by atoms with Crippen molar-refractivity contribution in [3.63, 3.8) is 0 Å². The number of amides is 1. The first-order valence-electron chi connectivity index (χ1n) is 6.81. The molecule has 0 radical (unpaired) electrons. The molecule has 5 heteroatoms. The first kappa shape index (κ1) is 15.7. The number of halogens is 1. The van der Waals surface area contributed by atoms with E-state index in [0.29, 0.717) is 16.8 Å². The van der Waals surface area contributed by atoms with Gasteiger partial charge in [-0.05, 0) is 30.2 Å². The van der Waals surface area contributed by atoms with E-state index in [9.17, 15) is 19.1 Å². The number of aliphatic carboxylic acids is 1. The summed E-state index contributed by atoms with van der Waals surface area (Å²) in [5, 5.41) is 11.8. The average Bonchev–Trinajstić information content (AvgIpc) is 2.49. The minimum Gasteiger partial charge on any atom is -0.481 e. The summed E-state index contributed by atoms with van der Waals surface area (Å²) in [5.74, 6) is -2.90. The molecule has 114 valence electrons. The summed E-state index contributed by atoms with van der Waals surface area (Å²) in [6.07, 6.45) is -0.213. The van der Waals surface area contributed by atoms with Crippen LogP contribution in [0.4, 0.5) is 10.1 Å². The predicted molar refractivity (Wildman–Crippen MR) is 81.2 cm³/mol. The standard InChI is InChI=1S/C17H16FNO3/c1-11-7-8-13(9-15(11)18)19-16(20)10-14(17(21)22)12-5-3-2-4-6-12/h2-9,14H,10H2,1H3,(H,19,20)(H,21,22)/t14-/m1/s1. The molecule has 0 aliphatic carbocycles. The fourth-order valence-corrected chi connectivity index (χ4v) is 2.10. The fourth-order valence-electron chi connectivity index (χ4n) is 2.10. The number of rotatable bonds is 5. The quantitative estimate of drug-likeness (QED) is 0.890. The SMILES string of the molecule is Cc1ccc(NC(=O)C[C@@H](C(=O)O)c2ccccc2)cc1F. The van der Waals surface area contributed by atoms with Gasteiger partial charge in [0.2, 0.25) is 5.91 Å². The summed E-state index contributed by atoms with van der Waals surface area (Å²) in [6.45, 7) is 1.62. The molecule has 4 nitrogen and oxygen atoms in total. The lowest BCUT2D eigenvalue weighted by Crippen LogP contribution is -2.21. The number of aryl methyl sites for hydroxylation is 1. The second kappa shape index (κ2) is 6.85. The molecule has 2 aromatic carbocycles. The molecular formula is C17H16FNO3. The number of benzene rings is 2. The Hall–Kier alpha value is -2.69. The van der Waals surface area contributed by atoms with Gasteiger partial charge in [0.05, 0.1) is 5.92 Å². The third kappa shape index (κ3) is 3.91. The van der Waals surface area contributed by atoms with E-state index in [1.165, 1.54) is 6.07 Å². The van der Waals surface area contributed by atoms with Gasteiger partial charge >= 0.3 is 5.97 Å². The lowest BCUT2D eigenvalue weighted by molar-refractivity contribution is -0.140. The van der Waals surface area contributed by atoms with Crippen LogP contribution in [0.15, 0.2) is 48.5 Å². The number of hydrogen-bond donors (Lipinski definition) is 2. The number of carbonyl (C=O) groups excluding carboxylic acids is 1. The molecule has 0 spiro atoms. The first-order valence-corrected chi connectivity index (χ1v) is 6.81. The zero-order valence-electron chi connectivity index (χ0n) is 12.0.